The zero-order valence-corrected chi connectivity index (χ0v) is 17.1. The largest absolute Gasteiger partial charge is 0.493 e. The summed E-state index contributed by atoms with van der Waals surface area (Å²) in [4.78, 5) is -0.0883. The summed E-state index contributed by atoms with van der Waals surface area (Å²) in [5, 5.41) is 0. The first-order valence-corrected chi connectivity index (χ1v) is 9.78. The van der Waals surface area contributed by atoms with Crippen molar-refractivity contribution in [2.24, 2.45) is 0 Å². The Kier molecular flexibility index (Phi) is 6.43. The van der Waals surface area contributed by atoms with Gasteiger partial charge in [-0.05, 0) is 33.6 Å². The summed E-state index contributed by atoms with van der Waals surface area (Å²) in [7, 11) is 0.0708. The standard InChI is InChI=1S/C17H17BrF3NO4S/c1-22(10-11-5-4-6-12(7-11)17(19,20)21)27(23,24)16-9-15(26-3)14(25-2)8-13(16)18/h4-9H,10H2,1-3H3. The first kappa shape index (κ1) is 21.5. The Morgan fingerprint density at radius 1 is 1.07 bits per heavy atom. The van der Waals surface area contributed by atoms with Crippen molar-refractivity contribution in [1.29, 1.82) is 0 Å². The Hall–Kier alpha value is -1.78. The average Bonchev–Trinajstić information content (AvgIpc) is 2.60. The number of hydrogen-bond donors (Lipinski definition) is 0. The molecule has 0 unspecified atom stereocenters. The molecule has 0 saturated carbocycles. The fourth-order valence-electron chi connectivity index (χ4n) is 2.39. The molecule has 0 saturated heterocycles. The van der Waals surface area contributed by atoms with Crippen molar-refractivity contribution in [3.8, 4) is 11.5 Å². The normalized spacial score (nSPS) is 12.3. The summed E-state index contributed by atoms with van der Waals surface area (Å²) in [5.41, 5.74) is -0.620. The molecule has 0 N–H and O–H groups in total. The molecule has 0 atom stereocenters. The second kappa shape index (κ2) is 8.07. The first-order chi connectivity index (χ1) is 12.5. The summed E-state index contributed by atoms with van der Waals surface area (Å²) >= 11 is 3.19. The third-order valence-corrected chi connectivity index (χ3v) is 6.55. The highest BCUT2D eigenvalue weighted by Crippen LogP contribution is 2.37. The Labute approximate surface area is 163 Å². The Balaban J connectivity index is 2.37. The molecule has 148 valence electrons. The van der Waals surface area contributed by atoms with E-state index in [1.165, 1.54) is 45.5 Å². The van der Waals surface area contributed by atoms with Crippen molar-refractivity contribution in [3.05, 3.63) is 52.0 Å². The second-order valence-electron chi connectivity index (χ2n) is 5.60. The van der Waals surface area contributed by atoms with Gasteiger partial charge in [-0.3, -0.25) is 0 Å². The van der Waals surface area contributed by atoms with Gasteiger partial charge in [0.2, 0.25) is 10.0 Å². The molecule has 0 aliphatic rings. The van der Waals surface area contributed by atoms with Crippen LogP contribution in [0.25, 0.3) is 0 Å². The molecule has 0 heterocycles. The molecular formula is C17H17BrF3NO4S. The van der Waals surface area contributed by atoms with Gasteiger partial charge in [0.25, 0.3) is 0 Å². The van der Waals surface area contributed by atoms with Gasteiger partial charge in [-0.25, -0.2) is 8.42 Å². The number of rotatable bonds is 6. The minimum absolute atomic E-state index is 0.0883. The number of methoxy groups -OCH3 is 2. The lowest BCUT2D eigenvalue weighted by atomic mass is 10.1. The number of nitrogens with zero attached hydrogens (tertiary/aromatic N) is 1. The fraction of sp³-hybridized carbons (Fsp3) is 0.294. The third-order valence-electron chi connectivity index (χ3n) is 3.79. The molecule has 0 spiro atoms. The van der Waals surface area contributed by atoms with Gasteiger partial charge in [-0.15, -0.1) is 0 Å². The lowest BCUT2D eigenvalue weighted by Gasteiger charge is -2.20. The van der Waals surface area contributed by atoms with Gasteiger partial charge in [-0.1, -0.05) is 18.2 Å². The minimum atomic E-state index is -4.50. The van der Waals surface area contributed by atoms with Gasteiger partial charge in [0.05, 0.1) is 19.8 Å². The monoisotopic (exact) mass is 467 g/mol. The number of hydrogen-bond acceptors (Lipinski definition) is 4. The summed E-state index contributed by atoms with van der Waals surface area (Å²) < 4.78 is 75.8. The topological polar surface area (TPSA) is 55.8 Å². The molecule has 0 aliphatic heterocycles. The van der Waals surface area contributed by atoms with Crippen LogP contribution in [0.15, 0.2) is 45.8 Å². The van der Waals surface area contributed by atoms with E-state index in [9.17, 15) is 21.6 Å². The third kappa shape index (κ3) is 4.74. The quantitative estimate of drug-likeness (QED) is 0.635. The molecule has 0 aromatic heterocycles. The van der Waals surface area contributed by atoms with Gasteiger partial charge in [0, 0.05) is 24.1 Å². The van der Waals surface area contributed by atoms with E-state index >= 15 is 0 Å². The summed E-state index contributed by atoms with van der Waals surface area (Å²) in [5.74, 6) is 0.551. The van der Waals surface area contributed by atoms with Crippen molar-refractivity contribution >= 4 is 26.0 Å². The molecule has 2 aromatic carbocycles. The highest BCUT2D eigenvalue weighted by Gasteiger charge is 2.31. The molecular weight excluding hydrogens is 451 g/mol. The van der Waals surface area contributed by atoms with Gasteiger partial charge in [-0.2, -0.15) is 17.5 Å². The molecule has 0 fully saturated rings. The van der Waals surface area contributed by atoms with Gasteiger partial charge in [0.1, 0.15) is 4.90 Å². The van der Waals surface area contributed by atoms with Crippen LogP contribution in [0, 0.1) is 0 Å². The highest BCUT2D eigenvalue weighted by molar-refractivity contribution is 9.10. The summed E-state index contributed by atoms with van der Waals surface area (Å²) in [6, 6.07) is 7.28. The zero-order chi connectivity index (χ0) is 20.4. The molecule has 0 amide bonds. The Morgan fingerprint density at radius 2 is 1.67 bits per heavy atom. The van der Waals surface area contributed by atoms with Crippen LogP contribution in [0.3, 0.4) is 0 Å². The first-order valence-electron chi connectivity index (χ1n) is 7.54. The predicted molar refractivity (Wildman–Crippen MR) is 97.3 cm³/mol. The SMILES string of the molecule is COc1cc(Br)c(S(=O)(=O)N(C)Cc2cccc(C(F)(F)F)c2)cc1OC. The maximum absolute atomic E-state index is 12.9. The molecule has 2 rings (SSSR count). The van der Waals surface area contributed by atoms with Crippen LogP contribution in [0.1, 0.15) is 11.1 Å². The van der Waals surface area contributed by atoms with Crippen LogP contribution >= 0.6 is 15.9 Å². The van der Waals surface area contributed by atoms with Crippen molar-refractivity contribution in [2.45, 2.75) is 17.6 Å². The highest BCUT2D eigenvalue weighted by atomic mass is 79.9. The number of benzene rings is 2. The number of alkyl halides is 3. The number of sulfonamides is 1. The molecule has 2 aromatic rings. The lowest BCUT2D eigenvalue weighted by Crippen LogP contribution is -2.27. The smallest absolute Gasteiger partial charge is 0.416 e. The molecule has 0 aliphatic carbocycles. The summed E-state index contributed by atoms with van der Waals surface area (Å²) in [6.07, 6.45) is -4.50. The lowest BCUT2D eigenvalue weighted by molar-refractivity contribution is -0.137. The maximum atomic E-state index is 12.9. The minimum Gasteiger partial charge on any atom is -0.493 e. The van der Waals surface area contributed by atoms with E-state index in [0.717, 1.165) is 16.4 Å². The molecule has 0 radical (unpaired) electrons. The number of halogens is 4. The second-order valence-corrected chi connectivity index (χ2v) is 8.46. The van der Waals surface area contributed by atoms with Crippen molar-refractivity contribution in [2.75, 3.05) is 21.3 Å². The van der Waals surface area contributed by atoms with Crippen molar-refractivity contribution in [1.82, 2.24) is 4.31 Å². The molecule has 5 nitrogen and oxygen atoms in total. The van der Waals surface area contributed by atoms with Crippen LogP contribution < -0.4 is 9.47 Å². The van der Waals surface area contributed by atoms with Crippen LogP contribution in [0.4, 0.5) is 13.2 Å². The fourth-order valence-corrected chi connectivity index (χ4v) is 4.54. The van der Waals surface area contributed by atoms with E-state index in [-0.39, 0.29) is 27.2 Å². The van der Waals surface area contributed by atoms with Crippen LogP contribution in [0.2, 0.25) is 0 Å². The number of ether oxygens (including phenoxy) is 2. The van der Waals surface area contributed by atoms with Crippen LogP contribution in [0.5, 0.6) is 11.5 Å². The van der Waals surface area contributed by atoms with Crippen LogP contribution in [-0.4, -0.2) is 34.0 Å². The molecule has 27 heavy (non-hydrogen) atoms. The van der Waals surface area contributed by atoms with Crippen molar-refractivity contribution < 1.29 is 31.1 Å². The van der Waals surface area contributed by atoms with E-state index in [4.69, 9.17) is 9.47 Å². The predicted octanol–water partition coefficient (Wildman–Crippen LogP) is 4.31. The van der Waals surface area contributed by atoms with E-state index < -0.39 is 21.8 Å². The van der Waals surface area contributed by atoms with E-state index in [1.54, 1.807) is 0 Å². The van der Waals surface area contributed by atoms with E-state index in [0.29, 0.717) is 5.75 Å². The van der Waals surface area contributed by atoms with Crippen LogP contribution in [-0.2, 0) is 22.7 Å². The Morgan fingerprint density at radius 3 is 2.22 bits per heavy atom. The molecule has 10 heteroatoms. The maximum Gasteiger partial charge on any atom is 0.416 e. The van der Waals surface area contributed by atoms with E-state index in [2.05, 4.69) is 15.9 Å². The summed E-state index contributed by atoms with van der Waals surface area (Å²) in [6.45, 7) is -0.229. The Bertz CT molecular complexity index is 932. The zero-order valence-electron chi connectivity index (χ0n) is 14.7. The van der Waals surface area contributed by atoms with Gasteiger partial charge < -0.3 is 9.47 Å². The van der Waals surface area contributed by atoms with Gasteiger partial charge >= 0.3 is 6.18 Å². The average molecular weight is 468 g/mol. The van der Waals surface area contributed by atoms with E-state index in [1.807, 2.05) is 0 Å². The van der Waals surface area contributed by atoms with Gasteiger partial charge in [0.15, 0.2) is 11.5 Å². The van der Waals surface area contributed by atoms with Crippen molar-refractivity contribution in [3.63, 3.8) is 0 Å². The molecule has 0 bridgehead atoms.